The van der Waals surface area contributed by atoms with E-state index < -0.39 is 28.8 Å². The van der Waals surface area contributed by atoms with Crippen LogP contribution in [0.2, 0.25) is 0 Å². The third-order valence-electron chi connectivity index (χ3n) is 5.16. The van der Waals surface area contributed by atoms with E-state index in [9.17, 15) is 20.1 Å². The van der Waals surface area contributed by atoms with Gasteiger partial charge in [0.25, 0.3) is 0 Å². The average Bonchev–Trinajstić information content (AvgIpc) is 3.05. The molecule has 0 amide bonds. The molecule has 1 spiro atoms. The van der Waals surface area contributed by atoms with Gasteiger partial charge < -0.3 is 20.1 Å². The largest absolute Gasteiger partial charge is 0.491 e. The van der Waals surface area contributed by atoms with Gasteiger partial charge in [0.05, 0.1) is 29.6 Å². The average molecular weight is 296 g/mol. The number of rotatable bonds is 1. The molecule has 0 radical (unpaired) electrons. The number of aliphatic hydroxyl groups excluding tert-OH is 2. The molecule has 4 unspecified atom stereocenters. The van der Waals surface area contributed by atoms with Crippen LogP contribution in [-0.2, 0) is 9.53 Å². The topological polar surface area (TPSA) is 87.0 Å². The van der Waals surface area contributed by atoms with Gasteiger partial charge in [-0.15, -0.1) is 0 Å². The number of ether oxygens (including phenoxy) is 1. The van der Waals surface area contributed by atoms with Gasteiger partial charge in [-0.25, -0.2) is 0 Å². The summed E-state index contributed by atoms with van der Waals surface area (Å²) in [6, 6.07) is 0. The molecule has 118 valence electrons. The third kappa shape index (κ3) is 2.05. The zero-order chi connectivity index (χ0) is 15.8. The highest BCUT2D eigenvalue weighted by molar-refractivity contribution is 5.98. The van der Waals surface area contributed by atoms with Gasteiger partial charge in [0.15, 0.2) is 5.78 Å². The maximum atomic E-state index is 12.4. The molecule has 3 N–H and O–H groups in total. The van der Waals surface area contributed by atoms with Crippen molar-refractivity contribution < 1.29 is 24.9 Å². The van der Waals surface area contributed by atoms with Crippen LogP contribution in [0.15, 0.2) is 11.3 Å². The van der Waals surface area contributed by atoms with E-state index in [0.717, 1.165) is 0 Å². The summed E-state index contributed by atoms with van der Waals surface area (Å²) in [7, 11) is 0. The Hall–Kier alpha value is -0.910. The normalized spacial score (nSPS) is 41.9. The van der Waals surface area contributed by atoms with Crippen molar-refractivity contribution in [3.8, 4) is 0 Å². The molecule has 2 aliphatic carbocycles. The Labute approximate surface area is 124 Å². The summed E-state index contributed by atoms with van der Waals surface area (Å²) >= 11 is 0. The first-order valence-electron chi connectivity index (χ1n) is 7.53. The Morgan fingerprint density at radius 1 is 1.29 bits per heavy atom. The van der Waals surface area contributed by atoms with Crippen LogP contribution in [0.4, 0.5) is 0 Å². The Morgan fingerprint density at radius 3 is 2.43 bits per heavy atom. The minimum absolute atomic E-state index is 0.0204. The summed E-state index contributed by atoms with van der Waals surface area (Å²) in [5.41, 5.74) is -1.93. The zero-order valence-corrected chi connectivity index (χ0v) is 13.0. The lowest BCUT2D eigenvalue weighted by Crippen LogP contribution is -2.49. The van der Waals surface area contributed by atoms with Crippen LogP contribution in [-0.4, -0.2) is 44.5 Å². The molecule has 0 bridgehead atoms. The summed E-state index contributed by atoms with van der Waals surface area (Å²) in [5.74, 6) is 0.267. The molecular weight excluding hydrogens is 272 g/mol. The second-order valence-electron chi connectivity index (χ2n) is 7.94. The molecule has 3 rings (SSSR count). The lowest BCUT2D eigenvalue weighted by atomic mass is 9.74. The SMILES string of the molecule is CC1(C)CC(=O)C2=C(O1)C1(CC1C(C)(C)O)C(O)C(O)C2. The van der Waals surface area contributed by atoms with Crippen LogP contribution in [0.5, 0.6) is 0 Å². The molecule has 21 heavy (non-hydrogen) atoms. The molecule has 1 fully saturated rings. The van der Waals surface area contributed by atoms with Crippen LogP contribution in [0.1, 0.15) is 47.0 Å². The highest BCUT2D eigenvalue weighted by Gasteiger charge is 2.71. The van der Waals surface area contributed by atoms with Gasteiger partial charge >= 0.3 is 0 Å². The molecule has 3 aliphatic rings. The fourth-order valence-electron chi connectivity index (χ4n) is 4.11. The van der Waals surface area contributed by atoms with E-state index in [1.807, 2.05) is 13.8 Å². The maximum absolute atomic E-state index is 12.4. The molecule has 0 aromatic carbocycles. The van der Waals surface area contributed by atoms with E-state index in [4.69, 9.17) is 4.74 Å². The quantitative estimate of drug-likeness (QED) is 0.669. The van der Waals surface area contributed by atoms with Gasteiger partial charge in [-0.2, -0.15) is 0 Å². The second-order valence-corrected chi connectivity index (χ2v) is 7.94. The van der Waals surface area contributed by atoms with Gasteiger partial charge in [0.1, 0.15) is 11.4 Å². The number of hydrogen-bond acceptors (Lipinski definition) is 5. The first-order chi connectivity index (χ1) is 9.49. The summed E-state index contributed by atoms with van der Waals surface area (Å²) in [6.45, 7) is 7.08. The van der Waals surface area contributed by atoms with Gasteiger partial charge in [0, 0.05) is 17.9 Å². The van der Waals surface area contributed by atoms with Crippen molar-refractivity contribution in [2.75, 3.05) is 0 Å². The number of ketones is 1. The summed E-state index contributed by atoms with van der Waals surface area (Å²) < 4.78 is 6.05. The van der Waals surface area contributed by atoms with E-state index in [-0.39, 0.29) is 24.5 Å². The monoisotopic (exact) mass is 296 g/mol. The van der Waals surface area contributed by atoms with Crippen molar-refractivity contribution >= 4 is 5.78 Å². The lowest BCUT2D eigenvalue weighted by Gasteiger charge is -2.44. The van der Waals surface area contributed by atoms with E-state index >= 15 is 0 Å². The zero-order valence-electron chi connectivity index (χ0n) is 13.0. The number of hydrogen-bond donors (Lipinski definition) is 3. The van der Waals surface area contributed by atoms with Crippen molar-refractivity contribution in [1.29, 1.82) is 0 Å². The van der Waals surface area contributed by atoms with Crippen molar-refractivity contribution in [3.63, 3.8) is 0 Å². The Bertz CT molecular complexity index is 527. The second kappa shape index (κ2) is 4.09. The van der Waals surface area contributed by atoms with E-state index in [0.29, 0.717) is 17.8 Å². The van der Waals surface area contributed by atoms with Gasteiger partial charge in [-0.1, -0.05) is 0 Å². The molecule has 5 nitrogen and oxygen atoms in total. The lowest BCUT2D eigenvalue weighted by molar-refractivity contribution is -0.133. The Balaban J connectivity index is 2.10. The maximum Gasteiger partial charge on any atom is 0.166 e. The van der Waals surface area contributed by atoms with E-state index in [2.05, 4.69) is 0 Å². The van der Waals surface area contributed by atoms with Gasteiger partial charge in [-0.05, 0) is 34.1 Å². The predicted octanol–water partition coefficient (Wildman–Crippen LogP) is 0.911. The van der Waals surface area contributed by atoms with Gasteiger partial charge in [-0.3, -0.25) is 4.79 Å². The number of fused-ring (bicyclic) bond motifs is 1. The first-order valence-corrected chi connectivity index (χ1v) is 7.53. The number of carbonyl (C=O) groups is 1. The molecule has 0 aromatic rings. The summed E-state index contributed by atoms with van der Waals surface area (Å²) in [5, 5.41) is 31.0. The minimum Gasteiger partial charge on any atom is -0.491 e. The molecule has 4 atom stereocenters. The van der Waals surface area contributed by atoms with Crippen LogP contribution >= 0.6 is 0 Å². The Kier molecular flexibility index (Phi) is 2.92. The molecule has 1 saturated carbocycles. The minimum atomic E-state index is -1.01. The highest BCUT2D eigenvalue weighted by Crippen LogP contribution is 2.68. The van der Waals surface area contributed by atoms with Crippen LogP contribution in [0.25, 0.3) is 0 Å². The van der Waals surface area contributed by atoms with Crippen molar-refractivity contribution in [2.45, 2.75) is 70.4 Å². The van der Waals surface area contributed by atoms with Crippen LogP contribution < -0.4 is 0 Å². The highest BCUT2D eigenvalue weighted by atomic mass is 16.5. The van der Waals surface area contributed by atoms with E-state index in [1.54, 1.807) is 13.8 Å². The summed E-state index contributed by atoms with van der Waals surface area (Å²) in [4.78, 5) is 12.4. The molecule has 5 heteroatoms. The number of carbonyl (C=O) groups excluding carboxylic acids is 1. The third-order valence-corrected chi connectivity index (χ3v) is 5.16. The molecule has 0 saturated heterocycles. The van der Waals surface area contributed by atoms with Gasteiger partial charge in [0.2, 0.25) is 0 Å². The van der Waals surface area contributed by atoms with Crippen molar-refractivity contribution in [2.24, 2.45) is 11.3 Å². The number of Topliss-reactive ketones (excluding diaryl/α,β-unsaturated/α-hetero) is 1. The van der Waals surface area contributed by atoms with Crippen molar-refractivity contribution in [1.82, 2.24) is 0 Å². The smallest absolute Gasteiger partial charge is 0.166 e. The Morgan fingerprint density at radius 2 is 1.90 bits per heavy atom. The fraction of sp³-hybridized carbons (Fsp3) is 0.812. The van der Waals surface area contributed by atoms with Crippen molar-refractivity contribution in [3.05, 3.63) is 11.3 Å². The summed E-state index contributed by atoms with van der Waals surface area (Å²) in [6.07, 6.45) is -1.06. The fourth-order valence-corrected chi connectivity index (χ4v) is 4.11. The molecule has 0 aromatic heterocycles. The molecule has 1 aliphatic heterocycles. The first kappa shape index (κ1) is 15.0. The predicted molar refractivity (Wildman–Crippen MR) is 75.3 cm³/mol. The van der Waals surface area contributed by atoms with Crippen LogP contribution in [0, 0.1) is 11.3 Å². The molecule has 1 heterocycles. The standard InChI is InChI=1S/C16H24O5/c1-14(2)6-10(18)8-5-9(17)12(19)16(13(8)21-14)7-11(16)15(3,4)20/h9,11-12,17,19-20H,5-7H2,1-4H3. The molecular formula is C16H24O5. The van der Waals surface area contributed by atoms with E-state index in [1.165, 1.54) is 0 Å². The van der Waals surface area contributed by atoms with Crippen LogP contribution in [0.3, 0.4) is 0 Å². The number of aliphatic hydroxyl groups is 3.